The fraction of sp³-hybridized carbons (Fsp3) is 1.00. The third-order valence-corrected chi connectivity index (χ3v) is 4.36. The summed E-state index contributed by atoms with van der Waals surface area (Å²) >= 11 is 0. The van der Waals surface area contributed by atoms with Crippen molar-refractivity contribution in [3.8, 4) is 0 Å². The highest BCUT2D eigenvalue weighted by Gasteiger charge is 2.33. The van der Waals surface area contributed by atoms with Crippen LogP contribution in [0, 0.1) is 0 Å². The van der Waals surface area contributed by atoms with E-state index in [2.05, 4.69) is 4.90 Å². The molecule has 0 aromatic carbocycles. The van der Waals surface area contributed by atoms with Crippen LogP contribution in [-0.4, -0.2) is 41.3 Å². The van der Waals surface area contributed by atoms with Crippen LogP contribution >= 0.6 is 0 Å². The molecule has 2 saturated carbocycles. The molecular formula is C13H26N2O. The summed E-state index contributed by atoms with van der Waals surface area (Å²) in [5, 5.41) is 9.21. The van der Waals surface area contributed by atoms with E-state index in [0.29, 0.717) is 18.1 Å². The Morgan fingerprint density at radius 3 is 2.38 bits per heavy atom. The molecule has 0 aromatic heterocycles. The second kappa shape index (κ2) is 5.99. The van der Waals surface area contributed by atoms with Crippen LogP contribution in [0.25, 0.3) is 0 Å². The lowest BCUT2D eigenvalue weighted by Crippen LogP contribution is -2.54. The first-order valence-electron chi connectivity index (χ1n) is 6.95. The van der Waals surface area contributed by atoms with Crippen LogP contribution in [-0.2, 0) is 0 Å². The van der Waals surface area contributed by atoms with Gasteiger partial charge in [-0.05, 0) is 25.7 Å². The maximum atomic E-state index is 9.21. The first-order valence-corrected chi connectivity index (χ1v) is 6.95. The summed E-state index contributed by atoms with van der Waals surface area (Å²) in [7, 11) is 0. The summed E-state index contributed by atoms with van der Waals surface area (Å²) in [5.74, 6) is 0. The molecule has 0 bridgehead atoms. The van der Waals surface area contributed by atoms with Gasteiger partial charge in [-0.2, -0.15) is 0 Å². The molecule has 94 valence electrons. The van der Waals surface area contributed by atoms with E-state index in [1.165, 1.54) is 51.4 Å². The normalized spacial score (nSPS) is 32.4. The minimum Gasteiger partial charge on any atom is -0.395 e. The maximum Gasteiger partial charge on any atom is 0.0558 e. The number of rotatable bonds is 4. The smallest absolute Gasteiger partial charge is 0.0558 e. The zero-order valence-corrected chi connectivity index (χ0v) is 10.3. The van der Waals surface area contributed by atoms with Crippen LogP contribution < -0.4 is 5.73 Å². The topological polar surface area (TPSA) is 49.5 Å². The minimum absolute atomic E-state index is 0.278. The highest BCUT2D eigenvalue weighted by Crippen LogP contribution is 2.30. The maximum absolute atomic E-state index is 9.21. The Hall–Kier alpha value is -0.120. The van der Waals surface area contributed by atoms with E-state index in [1.54, 1.807) is 0 Å². The van der Waals surface area contributed by atoms with Crippen molar-refractivity contribution in [1.82, 2.24) is 4.90 Å². The fourth-order valence-corrected chi connectivity index (χ4v) is 3.18. The van der Waals surface area contributed by atoms with Crippen LogP contribution in [0.4, 0.5) is 0 Å². The van der Waals surface area contributed by atoms with Crippen molar-refractivity contribution in [2.24, 2.45) is 5.73 Å². The average molecular weight is 226 g/mol. The van der Waals surface area contributed by atoms with Gasteiger partial charge in [-0.25, -0.2) is 0 Å². The van der Waals surface area contributed by atoms with Crippen molar-refractivity contribution in [2.75, 3.05) is 13.2 Å². The number of nitrogens with two attached hydrogens (primary N) is 1. The third-order valence-electron chi connectivity index (χ3n) is 4.36. The van der Waals surface area contributed by atoms with E-state index >= 15 is 0 Å². The summed E-state index contributed by atoms with van der Waals surface area (Å²) in [6.07, 6.45) is 10.3. The Balaban J connectivity index is 1.97. The number of nitrogens with zero attached hydrogens (tertiary/aromatic N) is 1. The molecule has 0 aliphatic heterocycles. The molecule has 0 aromatic rings. The van der Waals surface area contributed by atoms with Crippen LogP contribution in [0.2, 0.25) is 0 Å². The predicted molar refractivity (Wildman–Crippen MR) is 66.3 cm³/mol. The summed E-state index contributed by atoms with van der Waals surface area (Å²) < 4.78 is 0. The first kappa shape index (κ1) is 12.3. The van der Waals surface area contributed by atoms with E-state index < -0.39 is 0 Å². The zero-order valence-electron chi connectivity index (χ0n) is 10.3. The molecule has 2 aliphatic rings. The molecular weight excluding hydrogens is 200 g/mol. The van der Waals surface area contributed by atoms with E-state index in [-0.39, 0.29) is 6.61 Å². The van der Waals surface area contributed by atoms with Gasteiger partial charge in [0.15, 0.2) is 0 Å². The standard InChI is InChI=1S/C13H26N2O/c14-12-7-2-1-3-8-13(12)15(9-10-16)11-5-4-6-11/h11-13,16H,1-10,14H2. The largest absolute Gasteiger partial charge is 0.395 e. The molecule has 16 heavy (non-hydrogen) atoms. The predicted octanol–water partition coefficient (Wildman–Crippen LogP) is 1.49. The van der Waals surface area contributed by atoms with Gasteiger partial charge in [0.1, 0.15) is 0 Å². The van der Waals surface area contributed by atoms with E-state index in [9.17, 15) is 5.11 Å². The van der Waals surface area contributed by atoms with Crippen LogP contribution in [0.15, 0.2) is 0 Å². The molecule has 2 unspecified atom stereocenters. The summed E-state index contributed by atoms with van der Waals surface area (Å²) in [6.45, 7) is 1.10. The SMILES string of the molecule is NC1CCCCCC1N(CCO)C1CCC1. The molecule has 3 heteroatoms. The van der Waals surface area contributed by atoms with E-state index in [4.69, 9.17) is 5.73 Å². The summed E-state index contributed by atoms with van der Waals surface area (Å²) in [5.41, 5.74) is 6.30. The Morgan fingerprint density at radius 1 is 1.00 bits per heavy atom. The Morgan fingerprint density at radius 2 is 1.75 bits per heavy atom. The van der Waals surface area contributed by atoms with Crippen LogP contribution in [0.3, 0.4) is 0 Å². The average Bonchev–Trinajstić information content (AvgIpc) is 2.39. The van der Waals surface area contributed by atoms with Crippen molar-refractivity contribution < 1.29 is 5.11 Å². The molecule has 3 nitrogen and oxygen atoms in total. The number of aliphatic hydroxyl groups is 1. The molecule has 0 spiro atoms. The number of hydrogen-bond acceptors (Lipinski definition) is 3. The molecule has 3 N–H and O–H groups in total. The fourth-order valence-electron chi connectivity index (χ4n) is 3.18. The van der Waals surface area contributed by atoms with Gasteiger partial charge in [0.2, 0.25) is 0 Å². The third kappa shape index (κ3) is 2.76. The highest BCUT2D eigenvalue weighted by atomic mass is 16.3. The highest BCUT2D eigenvalue weighted by molar-refractivity contribution is 4.90. The molecule has 2 atom stereocenters. The van der Waals surface area contributed by atoms with Gasteiger partial charge in [0.05, 0.1) is 6.61 Å². The van der Waals surface area contributed by atoms with E-state index in [1.807, 2.05) is 0 Å². The second-order valence-corrected chi connectivity index (χ2v) is 5.42. The van der Waals surface area contributed by atoms with Crippen molar-refractivity contribution in [2.45, 2.75) is 69.5 Å². The van der Waals surface area contributed by atoms with Crippen LogP contribution in [0.1, 0.15) is 51.4 Å². The van der Waals surface area contributed by atoms with Crippen molar-refractivity contribution in [3.05, 3.63) is 0 Å². The van der Waals surface area contributed by atoms with Crippen molar-refractivity contribution >= 4 is 0 Å². The zero-order chi connectivity index (χ0) is 11.4. The van der Waals surface area contributed by atoms with Gasteiger partial charge in [-0.3, -0.25) is 4.90 Å². The van der Waals surface area contributed by atoms with Gasteiger partial charge in [0.25, 0.3) is 0 Å². The lowest BCUT2D eigenvalue weighted by Gasteiger charge is -2.44. The van der Waals surface area contributed by atoms with Crippen molar-refractivity contribution in [1.29, 1.82) is 0 Å². The summed E-state index contributed by atoms with van der Waals surface area (Å²) in [4.78, 5) is 2.51. The van der Waals surface area contributed by atoms with Gasteiger partial charge < -0.3 is 10.8 Å². The Bertz CT molecular complexity index is 206. The quantitative estimate of drug-likeness (QED) is 0.714. The molecule has 2 fully saturated rings. The van der Waals surface area contributed by atoms with Crippen molar-refractivity contribution in [3.63, 3.8) is 0 Å². The second-order valence-electron chi connectivity index (χ2n) is 5.42. The molecule has 2 rings (SSSR count). The first-order chi connectivity index (χ1) is 7.83. The molecule has 0 heterocycles. The molecule has 2 aliphatic carbocycles. The van der Waals surface area contributed by atoms with Gasteiger partial charge in [-0.15, -0.1) is 0 Å². The van der Waals surface area contributed by atoms with Gasteiger partial charge in [-0.1, -0.05) is 25.7 Å². The number of aliphatic hydroxyl groups excluding tert-OH is 1. The Labute approximate surface area is 99.0 Å². The van der Waals surface area contributed by atoms with Gasteiger partial charge >= 0.3 is 0 Å². The monoisotopic (exact) mass is 226 g/mol. The molecule has 0 saturated heterocycles. The number of hydrogen-bond donors (Lipinski definition) is 2. The van der Waals surface area contributed by atoms with E-state index in [0.717, 1.165) is 6.54 Å². The lowest BCUT2D eigenvalue weighted by atomic mass is 9.88. The minimum atomic E-state index is 0.278. The summed E-state index contributed by atoms with van der Waals surface area (Å²) in [6, 6.07) is 1.57. The lowest BCUT2D eigenvalue weighted by molar-refractivity contribution is 0.0457. The molecule has 0 radical (unpaired) electrons. The van der Waals surface area contributed by atoms with Crippen LogP contribution in [0.5, 0.6) is 0 Å². The molecule has 0 amide bonds. The Kier molecular flexibility index (Phi) is 4.62. The van der Waals surface area contributed by atoms with Gasteiger partial charge in [0, 0.05) is 24.7 Å².